The predicted molar refractivity (Wildman–Crippen MR) is 173 cm³/mol. The summed E-state index contributed by atoms with van der Waals surface area (Å²) in [5.41, 5.74) is 0.185. The maximum atomic E-state index is 14.2. The highest BCUT2D eigenvalue weighted by atomic mass is 19.1. The van der Waals surface area contributed by atoms with Gasteiger partial charge in [-0.3, -0.25) is 29.3 Å². The molecule has 0 saturated carbocycles. The summed E-state index contributed by atoms with van der Waals surface area (Å²) in [6.45, 7) is 4.81. The molecule has 0 bridgehead atoms. The molecule has 50 heavy (non-hydrogen) atoms. The molecule has 0 radical (unpaired) electrons. The number of rotatable bonds is 8. The van der Waals surface area contributed by atoms with Gasteiger partial charge in [0.2, 0.25) is 29.5 Å². The lowest BCUT2D eigenvalue weighted by atomic mass is 10.0. The first-order valence-electron chi connectivity index (χ1n) is 17.3. The Labute approximate surface area is 289 Å². The van der Waals surface area contributed by atoms with E-state index in [9.17, 15) is 37.5 Å². The summed E-state index contributed by atoms with van der Waals surface area (Å²) in [4.78, 5) is 85.6. The maximum Gasteiger partial charge on any atom is 0.328 e. The van der Waals surface area contributed by atoms with Gasteiger partial charge in [0.1, 0.15) is 54.7 Å². The Morgan fingerprint density at radius 2 is 1.60 bits per heavy atom. The Hall–Kier alpha value is -4.18. The van der Waals surface area contributed by atoms with Gasteiger partial charge >= 0.3 is 5.97 Å². The van der Waals surface area contributed by atoms with Crippen LogP contribution in [-0.2, 0) is 44.7 Å². The third-order valence-electron chi connectivity index (χ3n) is 9.87. The van der Waals surface area contributed by atoms with Gasteiger partial charge in [-0.15, -0.1) is 0 Å². The molecule has 4 saturated heterocycles. The summed E-state index contributed by atoms with van der Waals surface area (Å²) in [5.74, 6) is -5.41. The zero-order valence-corrected chi connectivity index (χ0v) is 28.8. The second kappa shape index (κ2) is 15.8. The molecular formula is C34H46F2N6O8. The average Bonchev–Trinajstić information content (AvgIpc) is 3.42. The van der Waals surface area contributed by atoms with Gasteiger partial charge in [0.25, 0.3) is 0 Å². The molecule has 3 N–H and O–H groups in total. The normalized spacial score (nSPS) is 30.1. The Balaban J connectivity index is 1.43. The van der Waals surface area contributed by atoms with Gasteiger partial charge in [-0.25, -0.2) is 13.6 Å². The number of fused-ring (bicyclic) bond motifs is 2. The topological polar surface area (TPSA) is 170 Å². The molecule has 1 aromatic carbocycles. The minimum Gasteiger partial charge on any atom is -0.461 e. The molecule has 4 heterocycles. The number of benzene rings is 1. The van der Waals surface area contributed by atoms with Crippen LogP contribution in [0.4, 0.5) is 8.78 Å². The number of nitrogens with one attached hydrogen (secondary N) is 3. The fraction of sp³-hybridized carbons (Fsp3) is 0.647. The van der Waals surface area contributed by atoms with Gasteiger partial charge in [-0.05, 0) is 70.1 Å². The van der Waals surface area contributed by atoms with Crippen molar-refractivity contribution in [1.29, 1.82) is 0 Å². The number of hydrogen-bond donors (Lipinski definition) is 3. The summed E-state index contributed by atoms with van der Waals surface area (Å²) >= 11 is 0. The number of hydrogen-bond acceptors (Lipinski definition) is 9. The molecule has 1 aromatic rings. The first-order chi connectivity index (χ1) is 23.8. The minimum absolute atomic E-state index is 0.160. The number of epoxide rings is 1. The number of nitrogens with zero attached hydrogens (tertiary/aromatic N) is 3. The van der Waals surface area contributed by atoms with Gasteiger partial charge in [0.05, 0.1) is 12.1 Å². The van der Waals surface area contributed by atoms with Crippen LogP contribution in [0.5, 0.6) is 0 Å². The van der Waals surface area contributed by atoms with Crippen molar-refractivity contribution in [2.45, 2.75) is 114 Å². The van der Waals surface area contributed by atoms with E-state index in [1.54, 1.807) is 0 Å². The quantitative estimate of drug-likeness (QED) is 0.256. The second-order valence-corrected chi connectivity index (χ2v) is 13.5. The van der Waals surface area contributed by atoms with E-state index in [-0.39, 0.29) is 31.2 Å². The van der Waals surface area contributed by atoms with Crippen LogP contribution in [0.25, 0.3) is 0 Å². The largest absolute Gasteiger partial charge is 0.461 e. The van der Waals surface area contributed by atoms with E-state index in [0.29, 0.717) is 25.7 Å². The first kappa shape index (κ1) is 37.1. The number of cyclic esters (lactones) is 1. The molecule has 2 unspecified atom stereocenters. The molecule has 0 spiro atoms. The fourth-order valence-corrected chi connectivity index (χ4v) is 6.90. The molecule has 4 fully saturated rings. The maximum absolute atomic E-state index is 14.2. The standard InChI is InChI=1S/C34H46F2N6O8/c1-5-8-27-30(50-27)39-23(15-20-13-21(35)16-22(36)14-20)29(44)38-24-17-49-34(48)26-10-7-12-42(26)31(45)18(2)37-28(43)19(3)40(4)33(47)25-9-6-11-41(25)32(24)46/h13-14,16,18-19,23-27,30,39H,5-12,15,17H2,1-4H3,(H,37,43)(H,38,44)/t18-,19-,23-,24-,25-,26-,27?,30?/m0/s1. The van der Waals surface area contributed by atoms with Gasteiger partial charge in [0, 0.05) is 26.2 Å². The van der Waals surface area contributed by atoms with E-state index < -0.39 is 96.2 Å². The van der Waals surface area contributed by atoms with Crippen LogP contribution in [0, 0.1) is 11.6 Å². The van der Waals surface area contributed by atoms with Crippen LogP contribution in [0.3, 0.4) is 0 Å². The predicted octanol–water partition coefficient (Wildman–Crippen LogP) is 0.366. The molecule has 274 valence electrons. The molecule has 0 aromatic heterocycles. The highest BCUT2D eigenvalue weighted by Gasteiger charge is 2.45. The Kier molecular flexibility index (Phi) is 11.7. The zero-order chi connectivity index (χ0) is 36.3. The minimum atomic E-state index is -1.46. The number of halogens is 2. The smallest absolute Gasteiger partial charge is 0.328 e. The van der Waals surface area contributed by atoms with Gasteiger partial charge < -0.3 is 34.8 Å². The highest BCUT2D eigenvalue weighted by Crippen LogP contribution is 2.26. The third kappa shape index (κ3) is 8.40. The summed E-state index contributed by atoms with van der Waals surface area (Å²) in [6, 6.07) is -3.55. The molecule has 16 heteroatoms. The van der Waals surface area contributed by atoms with E-state index in [4.69, 9.17) is 9.47 Å². The van der Waals surface area contributed by atoms with E-state index >= 15 is 0 Å². The lowest BCUT2D eigenvalue weighted by Crippen LogP contribution is -2.60. The van der Waals surface area contributed by atoms with Crippen LogP contribution in [-0.4, -0.2) is 126 Å². The highest BCUT2D eigenvalue weighted by molar-refractivity contribution is 5.97. The van der Waals surface area contributed by atoms with Crippen molar-refractivity contribution in [3.63, 3.8) is 0 Å². The van der Waals surface area contributed by atoms with E-state index in [2.05, 4.69) is 16.0 Å². The number of carbonyl (C=O) groups is 6. The molecular weight excluding hydrogens is 658 g/mol. The zero-order valence-electron chi connectivity index (χ0n) is 28.8. The SMILES string of the molecule is CCCC1OC1N[C@@H](Cc1cc(F)cc(F)c1)C(=O)N[C@H]1COC(=O)[C@@H]2CCCN2C(=O)[C@H](C)NC(=O)[C@H](C)N(C)C(=O)[C@@H]2CCCN2C1=O. The average molecular weight is 705 g/mol. The van der Waals surface area contributed by atoms with Crippen molar-refractivity contribution in [3.8, 4) is 0 Å². The summed E-state index contributed by atoms with van der Waals surface area (Å²) < 4.78 is 39.5. The van der Waals surface area contributed by atoms with Crippen molar-refractivity contribution in [2.24, 2.45) is 0 Å². The van der Waals surface area contributed by atoms with E-state index in [1.165, 1.54) is 35.6 Å². The van der Waals surface area contributed by atoms with Gasteiger partial charge in [0.15, 0.2) is 0 Å². The lowest BCUT2D eigenvalue weighted by molar-refractivity contribution is -0.158. The van der Waals surface area contributed by atoms with Crippen LogP contribution >= 0.6 is 0 Å². The number of amides is 5. The molecule has 4 aliphatic heterocycles. The number of ether oxygens (including phenoxy) is 2. The van der Waals surface area contributed by atoms with Crippen molar-refractivity contribution < 1.29 is 47.0 Å². The van der Waals surface area contributed by atoms with Crippen LogP contribution in [0.1, 0.15) is 64.9 Å². The number of esters is 1. The molecule has 0 aliphatic carbocycles. The Morgan fingerprint density at radius 1 is 0.960 bits per heavy atom. The molecule has 8 atom stereocenters. The molecule has 4 aliphatic rings. The number of carbonyl (C=O) groups excluding carboxylic acids is 6. The fourth-order valence-electron chi connectivity index (χ4n) is 6.90. The van der Waals surface area contributed by atoms with Gasteiger partial charge in [-0.2, -0.15) is 0 Å². The summed E-state index contributed by atoms with van der Waals surface area (Å²) in [6.07, 6.45) is 2.28. The third-order valence-corrected chi connectivity index (χ3v) is 9.87. The van der Waals surface area contributed by atoms with Crippen molar-refractivity contribution in [1.82, 2.24) is 30.7 Å². The van der Waals surface area contributed by atoms with Crippen molar-refractivity contribution in [2.75, 3.05) is 26.7 Å². The van der Waals surface area contributed by atoms with Crippen LogP contribution in [0.2, 0.25) is 0 Å². The number of likely N-dealkylation sites (N-methyl/N-ethyl adjacent to an activating group) is 1. The molecule has 5 amide bonds. The van der Waals surface area contributed by atoms with Gasteiger partial charge in [-0.1, -0.05) is 13.3 Å². The van der Waals surface area contributed by atoms with Crippen LogP contribution in [0.15, 0.2) is 18.2 Å². The van der Waals surface area contributed by atoms with Crippen molar-refractivity contribution >= 4 is 35.5 Å². The monoisotopic (exact) mass is 704 g/mol. The van der Waals surface area contributed by atoms with E-state index in [1.807, 2.05) is 6.92 Å². The molecule has 14 nitrogen and oxygen atoms in total. The second-order valence-electron chi connectivity index (χ2n) is 13.5. The van der Waals surface area contributed by atoms with E-state index in [0.717, 1.165) is 31.0 Å². The Morgan fingerprint density at radius 3 is 2.26 bits per heavy atom. The summed E-state index contributed by atoms with van der Waals surface area (Å²) in [7, 11) is 1.44. The summed E-state index contributed by atoms with van der Waals surface area (Å²) in [5, 5.41) is 8.38. The Bertz CT molecular complexity index is 1480. The first-order valence-corrected chi connectivity index (χ1v) is 17.3. The van der Waals surface area contributed by atoms with Crippen molar-refractivity contribution in [3.05, 3.63) is 35.4 Å². The lowest BCUT2D eigenvalue weighted by Gasteiger charge is -2.34. The van der Waals surface area contributed by atoms with Crippen LogP contribution < -0.4 is 16.0 Å². The molecule has 5 rings (SSSR count).